The van der Waals surface area contributed by atoms with Crippen molar-refractivity contribution in [3.05, 3.63) is 47.7 Å². The average Bonchev–Trinajstić information content (AvgIpc) is 2.59. The van der Waals surface area contributed by atoms with Gasteiger partial charge in [0.1, 0.15) is 0 Å². The first-order valence-corrected chi connectivity index (χ1v) is 12.0. The standard InChI is InChI=1S/C28H42N2O/c1-18(2)14-28(15-20(5)11-21(6)16-28)26(31)13-25-24-12-23(29-19(3)4)10-9-22(24)17-27(7,8)30-25/h9-10,12-13,18,20-21,29-30H,3,11,14-17H2,1-2,4-8H3/b25-13-. The van der Waals surface area contributed by atoms with E-state index in [1.54, 1.807) is 0 Å². The average molecular weight is 423 g/mol. The SMILES string of the molecule is C=C(C)Nc1ccc2c(c1)/C(=C/C(=O)C1(CC(C)C)CC(C)CC(C)C1)NC(C)(C)C2. The quantitative estimate of drug-likeness (QED) is 0.487. The summed E-state index contributed by atoms with van der Waals surface area (Å²) in [4.78, 5) is 14.0. The maximum Gasteiger partial charge on any atom is 0.163 e. The van der Waals surface area contributed by atoms with Gasteiger partial charge in [-0.2, -0.15) is 0 Å². The van der Waals surface area contributed by atoms with Crippen molar-refractivity contribution in [2.75, 3.05) is 5.32 Å². The second kappa shape index (κ2) is 8.84. The van der Waals surface area contributed by atoms with Crippen LogP contribution in [-0.4, -0.2) is 11.3 Å². The molecular formula is C28H42N2O. The third kappa shape index (κ3) is 5.61. The smallest absolute Gasteiger partial charge is 0.163 e. The Kier molecular flexibility index (Phi) is 6.74. The number of carbonyl (C=O) groups is 1. The molecule has 31 heavy (non-hydrogen) atoms. The summed E-state index contributed by atoms with van der Waals surface area (Å²) >= 11 is 0. The number of hydrogen-bond acceptors (Lipinski definition) is 3. The van der Waals surface area contributed by atoms with Gasteiger partial charge in [-0.1, -0.05) is 40.3 Å². The lowest BCUT2D eigenvalue weighted by atomic mass is 9.61. The number of anilines is 1. The van der Waals surface area contributed by atoms with E-state index in [2.05, 4.69) is 77.0 Å². The number of rotatable bonds is 6. The molecule has 0 saturated heterocycles. The van der Waals surface area contributed by atoms with Gasteiger partial charge in [0.15, 0.2) is 5.78 Å². The molecule has 1 aromatic rings. The van der Waals surface area contributed by atoms with Crippen LogP contribution >= 0.6 is 0 Å². The molecule has 1 aromatic carbocycles. The molecule has 1 aliphatic carbocycles. The first kappa shape index (κ1) is 23.6. The van der Waals surface area contributed by atoms with E-state index in [0.29, 0.717) is 23.5 Å². The normalized spacial score (nSPS) is 28.7. The zero-order valence-electron chi connectivity index (χ0n) is 20.7. The van der Waals surface area contributed by atoms with E-state index in [1.807, 2.05) is 13.0 Å². The highest BCUT2D eigenvalue weighted by Gasteiger charge is 2.43. The van der Waals surface area contributed by atoms with Gasteiger partial charge in [0.25, 0.3) is 0 Å². The number of allylic oxidation sites excluding steroid dienone is 2. The van der Waals surface area contributed by atoms with Crippen LogP contribution in [0.15, 0.2) is 36.6 Å². The molecule has 0 radical (unpaired) electrons. The topological polar surface area (TPSA) is 41.1 Å². The minimum Gasteiger partial charge on any atom is -0.379 e. The van der Waals surface area contributed by atoms with Crippen molar-refractivity contribution < 1.29 is 4.79 Å². The minimum atomic E-state index is -0.241. The number of carbonyl (C=O) groups excluding carboxylic acids is 1. The van der Waals surface area contributed by atoms with Crippen molar-refractivity contribution >= 4 is 17.2 Å². The molecule has 1 aliphatic heterocycles. The van der Waals surface area contributed by atoms with Crippen molar-refractivity contribution in [3.63, 3.8) is 0 Å². The highest BCUT2D eigenvalue weighted by atomic mass is 16.1. The molecule has 1 heterocycles. The maximum absolute atomic E-state index is 14.0. The highest BCUT2D eigenvalue weighted by Crippen LogP contribution is 2.47. The third-order valence-electron chi connectivity index (χ3n) is 6.74. The predicted molar refractivity (Wildman–Crippen MR) is 133 cm³/mol. The Morgan fingerprint density at radius 2 is 1.90 bits per heavy atom. The Hall–Kier alpha value is -2.03. The minimum absolute atomic E-state index is 0.0826. The molecule has 2 unspecified atom stereocenters. The van der Waals surface area contributed by atoms with Crippen LogP contribution < -0.4 is 10.6 Å². The predicted octanol–water partition coefficient (Wildman–Crippen LogP) is 6.96. The van der Waals surface area contributed by atoms with Crippen molar-refractivity contribution in [2.45, 2.75) is 86.1 Å². The summed E-state index contributed by atoms with van der Waals surface area (Å²) in [7, 11) is 0. The van der Waals surface area contributed by atoms with E-state index in [9.17, 15) is 4.79 Å². The lowest BCUT2D eigenvalue weighted by molar-refractivity contribution is -0.128. The molecule has 1 fully saturated rings. The van der Waals surface area contributed by atoms with Crippen LogP contribution in [0.4, 0.5) is 5.69 Å². The van der Waals surface area contributed by atoms with E-state index < -0.39 is 0 Å². The first-order valence-electron chi connectivity index (χ1n) is 12.0. The maximum atomic E-state index is 14.0. The van der Waals surface area contributed by atoms with Crippen LogP contribution in [0, 0.1) is 23.2 Å². The lowest BCUT2D eigenvalue weighted by Crippen LogP contribution is -2.45. The van der Waals surface area contributed by atoms with Crippen molar-refractivity contribution in [1.29, 1.82) is 0 Å². The second-order valence-electron chi connectivity index (χ2n) is 11.6. The number of nitrogens with one attached hydrogen (secondary N) is 2. The van der Waals surface area contributed by atoms with Gasteiger partial charge in [-0.15, -0.1) is 0 Å². The van der Waals surface area contributed by atoms with E-state index in [4.69, 9.17) is 0 Å². The van der Waals surface area contributed by atoms with Crippen LogP contribution in [0.5, 0.6) is 0 Å². The number of fused-ring (bicyclic) bond motifs is 1. The summed E-state index contributed by atoms with van der Waals surface area (Å²) in [6.45, 7) is 19.5. The Morgan fingerprint density at radius 3 is 2.48 bits per heavy atom. The molecule has 170 valence electrons. The summed E-state index contributed by atoms with van der Waals surface area (Å²) < 4.78 is 0. The Balaban J connectivity index is 2.04. The Morgan fingerprint density at radius 1 is 1.26 bits per heavy atom. The molecule has 3 nitrogen and oxygen atoms in total. The Bertz CT molecular complexity index is 861. The molecule has 3 rings (SSSR count). The fourth-order valence-electron chi connectivity index (χ4n) is 6.18. The molecular weight excluding hydrogens is 380 g/mol. The first-order chi connectivity index (χ1) is 14.4. The van der Waals surface area contributed by atoms with Gasteiger partial charge in [0.05, 0.1) is 0 Å². The lowest BCUT2D eigenvalue weighted by Gasteiger charge is -2.43. The molecule has 2 atom stereocenters. The zero-order chi connectivity index (χ0) is 23.0. The molecule has 2 N–H and O–H groups in total. The number of hydrogen-bond donors (Lipinski definition) is 2. The van der Waals surface area contributed by atoms with Crippen LogP contribution in [0.2, 0.25) is 0 Å². The third-order valence-corrected chi connectivity index (χ3v) is 6.74. The van der Waals surface area contributed by atoms with Gasteiger partial charge in [0.2, 0.25) is 0 Å². The van der Waals surface area contributed by atoms with E-state index in [0.717, 1.165) is 48.3 Å². The van der Waals surface area contributed by atoms with Crippen LogP contribution in [0.25, 0.3) is 5.70 Å². The zero-order valence-corrected chi connectivity index (χ0v) is 20.7. The van der Waals surface area contributed by atoms with Gasteiger partial charge in [0, 0.05) is 39.7 Å². The molecule has 0 aromatic heterocycles. The van der Waals surface area contributed by atoms with E-state index in [1.165, 1.54) is 12.0 Å². The summed E-state index contributed by atoms with van der Waals surface area (Å²) in [6, 6.07) is 6.46. The van der Waals surface area contributed by atoms with Crippen LogP contribution in [-0.2, 0) is 11.2 Å². The van der Waals surface area contributed by atoms with Gasteiger partial charge >= 0.3 is 0 Å². The molecule has 2 aliphatic rings. The molecule has 0 bridgehead atoms. The highest BCUT2D eigenvalue weighted by molar-refractivity contribution is 6.01. The molecule has 3 heteroatoms. The summed E-state index contributed by atoms with van der Waals surface area (Å²) in [5.41, 5.74) is 5.00. The van der Waals surface area contributed by atoms with Gasteiger partial charge in [-0.05, 0) is 88.3 Å². The van der Waals surface area contributed by atoms with Gasteiger partial charge < -0.3 is 10.6 Å². The number of benzene rings is 1. The molecule has 0 amide bonds. The second-order valence-corrected chi connectivity index (χ2v) is 11.6. The number of ketones is 1. The largest absolute Gasteiger partial charge is 0.379 e. The van der Waals surface area contributed by atoms with Crippen LogP contribution in [0.3, 0.4) is 0 Å². The summed E-state index contributed by atoms with van der Waals surface area (Å²) in [5.74, 6) is 2.01. The van der Waals surface area contributed by atoms with E-state index in [-0.39, 0.29) is 11.0 Å². The van der Waals surface area contributed by atoms with Gasteiger partial charge in [-0.3, -0.25) is 4.79 Å². The van der Waals surface area contributed by atoms with Crippen molar-refractivity contribution in [3.8, 4) is 0 Å². The van der Waals surface area contributed by atoms with E-state index >= 15 is 0 Å². The Labute approximate surface area is 189 Å². The van der Waals surface area contributed by atoms with Crippen molar-refractivity contribution in [1.82, 2.24) is 5.32 Å². The van der Waals surface area contributed by atoms with Crippen molar-refractivity contribution in [2.24, 2.45) is 23.2 Å². The molecule has 1 saturated carbocycles. The fourth-order valence-corrected chi connectivity index (χ4v) is 6.18. The van der Waals surface area contributed by atoms with Gasteiger partial charge in [-0.25, -0.2) is 0 Å². The fraction of sp³-hybridized carbons (Fsp3) is 0.607. The summed E-state index contributed by atoms with van der Waals surface area (Å²) in [5, 5.41) is 7.01. The molecule has 0 spiro atoms. The van der Waals surface area contributed by atoms with Crippen LogP contribution in [0.1, 0.15) is 85.3 Å². The summed E-state index contributed by atoms with van der Waals surface area (Å²) in [6.07, 6.45) is 7.09. The monoisotopic (exact) mass is 422 g/mol.